The number of nitrogens with one attached hydrogen (secondary N) is 1. The second kappa shape index (κ2) is 9.80. The van der Waals surface area contributed by atoms with E-state index in [9.17, 15) is 22.8 Å². The first-order valence-electron chi connectivity index (χ1n) is 8.80. The van der Waals surface area contributed by atoms with E-state index >= 15 is 0 Å². The van der Waals surface area contributed by atoms with E-state index in [2.05, 4.69) is 20.3 Å². The van der Waals surface area contributed by atoms with Gasteiger partial charge in [0.25, 0.3) is 5.91 Å². The Hall–Kier alpha value is -2.76. The molecule has 0 unspecified atom stereocenters. The largest absolute Gasteiger partial charge is 0.480 e. The van der Waals surface area contributed by atoms with Gasteiger partial charge in [0.2, 0.25) is 5.88 Å². The van der Waals surface area contributed by atoms with Crippen LogP contribution >= 0.6 is 34.5 Å². The first-order chi connectivity index (χ1) is 15.1. The van der Waals surface area contributed by atoms with Gasteiger partial charge in [-0.15, -0.1) is 11.3 Å². The van der Waals surface area contributed by atoms with Gasteiger partial charge >= 0.3 is 6.18 Å². The smallest absolute Gasteiger partial charge is 0.417 e. The number of benzene rings is 1. The van der Waals surface area contributed by atoms with E-state index in [-0.39, 0.29) is 45.8 Å². The number of hydrogen-bond donors (Lipinski definition) is 1. The maximum absolute atomic E-state index is 13.0. The van der Waals surface area contributed by atoms with Crippen LogP contribution in [-0.4, -0.2) is 33.8 Å². The van der Waals surface area contributed by atoms with E-state index in [0.717, 1.165) is 29.8 Å². The minimum Gasteiger partial charge on any atom is -0.480 e. The highest BCUT2D eigenvalue weighted by Gasteiger charge is 2.33. The van der Waals surface area contributed by atoms with Crippen molar-refractivity contribution in [2.75, 3.05) is 12.4 Å². The molecule has 13 heteroatoms. The van der Waals surface area contributed by atoms with Crippen LogP contribution in [0.1, 0.15) is 37.2 Å². The summed E-state index contributed by atoms with van der Waals surface area (Å²) in [7, 11) is 1.36. The molecule has 2 heterocycles. The molecule has 0 aliphatic carbocycles. The first kappa shape index (κ1) is 23.9. The lowest BCUT2D eigenvalue weighted by molar-refractivity contribution is -0.137. The fourth-order valence-electron chi connectivity index (χ4n) is 2.57. The number of alkyl halides is 3. The van der Waals surface area contributed by atoms with E-state index in [1.54, 1.807) is 0 Å². The molecule has 168 valence electrons. The Bertz CT molecular complexity index is 1170. The lowest BCUT2D eigenvalue weighted by Gasteiger charge is -2.11. The Morgan fingerprint density at radius 2 is 1.94 bits per heavy atom. The predicted molar refractivity (Wildman–Crippen MR) is 113 cm³/mol. The van der Waals surface area contributed by atoms with Crippen molar-refractivity contribution in [3.8, 4) is 5.88 Å². The molecular weight excluding hydrogens is 492 g/mol. The molecule has 1 amide bonds. The van der Waals surface area contributed by atoms with Crippen LogP contribution in [0.3, 0.4) is 0 Å². The van der Waals surface area contributed by atoms with Gasteiger partial charge in [-0.1, -0.05) is 23.2 Å². The van der Waals surface area contributed by atoms with Crippen molar-refractivity contribution in [2.45, 2.75) is 19.0 Å². The monoisotopic (exact) mass is 504 g/mol. The molecule has 2 aromatic heterocycles. The molecule has 32 heavy (non-hydrogen) atoms. The Morgan fingerprint density at radius 3 is 2.62 bits per heavy atom. The zero-order valence-corrected chi connectivity index (χ0v) is 18.5. The first-order valence-corrected chi connectivity index (χ1v) is 10.4. The van der Waals surface area contributed by atoms with Gasteiger partial charge in [0, 0.05) is 18.5 Å². The molecule has 7 nitrogen and oxygen atoms in total. The van der Waals surface area contributed by atoms with Gasteiger partial charge in [-0.3, -0.25) is 9.59 Å². The van der Waals surface area contributed by atoms with Gasteiger partial charge < -0.3 is 10.1 Å². The third-order valence-electron chi connectivity index (χ3n) is 4.09. The van der Waals surface area contributed by atoms with Crippen molar-refractivity contribution >= 4 is 51.9 Å². The van der Waals surface area contributed by atoms with Gasteiger partial charge in [0.15, 0.2) is 5.78 Å². The van der Waals surface area contributed by atoms with E-state index in [1.165, 1.54) is 19.4 Å². The second-order valence-electron chi connectivity index (χ2n) is 6.23. The fraction of sp³-hybridized carbons (Fsp3) is 0.211. The van der Waals surface area contributed by atoms with E-state index in [0.29, 0.717) is 5.01 Å². The molecule has 0 spiro atoms. The summed E-state index contributed by atoms with van der Waals surface area (Å²) in [6.07, 6.45) is -2.00. The SMILES string of the molecule is COc1ncnc(C(=O)CCc2ncc(C(=O)Nc3ccc(Cl)c(C(F)(F)F)c3)s2)c1Cl. The average molecular weight is 505 g/mol. The van der Waals surface area contributed by atoms with Crippen LogP contribution in [0.2, 0.25) is 10.0 Å². The zero-order valence-electron chi connectivity index (χ0n) is 16.2. The summed E-state index contributed by atoms with van der Waals surface area (Å²) in [6, 6.07) is 3.06. The number of ether oxygens (including phenoxy) is 1. The number of halogens is 5. The number of nitrogens with zero attached hydrogens (tertiary/aromatic N) is 3. The van der Waals surface area contributed by atoms with Gasteiger partial charge in [0.05, 0.1) is 28.9 Å². The molecule has 0 aliphatic heterocycles. The number of carbonyl (C=O) groups excluding carboxylic acids is 2. The van der Waals surface area contributed by atoms with Crippen LogP contribution in [0.25, 0.3) is 0 Å². The van der Waals surface area contributed by atoms with Crippen molar-refractivity contribution in [3.63, 3.8) is 0 Å². The van der Waals surface area contributed by atoms with E-state index in [1.807, 2.05) is 0 Å². The number of Topliss-reactive ketones (excluding diaryl/α,β-unsaturated/α-hetero) is 1. The summed E-state index contributed by atoms with van der Waals surface area (Å²) in [6.45, 7) is 0. The summed E-state index contributed by atoms with van der Waals surface area (Å²) < 4.78 is 43.9. The second-order valence-corrected chi connectivity index (χ2v) is 8.13. The molecule has 0 radical (unpaired) electrons. The maximum atomic E-state index is 13.0. The topological polar surface area (TPSA) is 94.1 Å². The molecule has 3 aromatic rings. The number of anilines is 1. The van der Waals surface area contributed by atoms with Crippen LogP contribution in [0.4, 0.5) is 18.9 Å². The summed E-state index contributed by atoms with van der Waals surface area (Å²) in [4.78, 5) is 36.7. The minimum absolute atomic E-state index is 0.000367. The lowest BCUT2D eigenvalue weighted by Crippen LogP contribution is -2.12. The van der Waals surface area contributed by atoms with Crippen molar-refractivity contribution in [1.29, 1.82) is 0 Å². The molecule has 0 bridgehead atoms. The molecule has 3 rings (SSSR count). The molecule has 0 saturated heterocycles. The zero-order chi connectivity index (χ0) is 23.5. The molecule has 0 aliphatic rings. The average Bonchev–Trinajstić information content (AvgIpc) is 3.22. The number of aromatic nitrogens is 3. The highest BCUT2D eigenvalue weighted by Crippen LogP contribution is 2.36. The summed E-state index contributed by atoms with van der Waals surface area (Å²) in [5, 5.41) is 2.39. The van der Waals surface area contributed by atoms with Gasteiger partial charge in [-0.25, -0.2) is 15.0 Å². The molecule has 0 saturated carbocycles. The number of carbonyl (C=O) groups is 2. The standard InChI is InChI=1S/C19H13Cl2F3N4O3S/c1-31-18-15(21)16(26-8-27-18)12(29)4-5-14-25-7-13(32-14)17(30)28-9-2-3-11(20)10(6-9)19(22,23)24/h2-3,6-8H,4-5H2,1H3,(H,28,30). The van der Waals surface area contributed by atoms with Crippen molar-refractivity contribution < 1.29 is 27.5 Å². The quantitative estimate of drug-likeness (QED) is 0.436. The molecule has 0 fully saturated rings. The number of rotatable bonds is 7. The van der Waals surface area contributed by atoms with Crippen LogP contribution in [0.15, 0.2) is 30.7 Å². The third kappa shape index (κ3) is 5.53. The highest BCUT2D eigenvalue weighted by atomic mass is 35.5. The van der Waals surface area contributed by atoms with Gasteiger partial charge in [-0.05, 0) is 18.2 Å². The predicted octanol–water partition coefficient (Wildman–Crippen LogP) is 5.34. The van der Waals surface area contributed by atoms with Gasteiger partial charge in [-0.2, -0.15) is 13.2 Å². The van der Waals surface area contributed by atoms with Crippen LogP contribution in [0.5, 0.6) is 5.88 Å². The summed E-state index contributed by atoms with van der Waals surface area (Å²) in [5.74, 6) is -0.925. The summed E-state index contributed by atoms with van der Waals surface area (Å²) in [5.41, 5.74) is -1.11. The number of methoxy groups -OCH3 is 1. The molecule has 1 aromatic carbocycles. The molecular formula is C19H13Cl2F3N4O3S. The molecule has 0 atom stereocenters. The Labute approximate surface area is 193 Å². The highest BCUT2D eigenvalue weighted by molar-refractivity contribution is 7.13. The van der Waals surface area contributed by atoms with E-state index in [4.69, 9.17) is 27.9 Å². The Kier molecular flexibility index (Phi) is 7.32. The fourth-order valence-corrected chi connectivity index (χ4v) is 3.89. The number of hydrogen-bond acceptors (Lipinski definition) is 7. The molecule has 1 N–H and O–H groups in total. The normalized spacial score (nSPS) is 11.3. The van der Waals surface area contributed by atoms with Crippen LogP contribution < -0.4 is 10.1 Å². The van der Waals surface area contributed by atoms with E-state index < -0.39 is 22.7 Å². The Morgan fingerprint density at radius 1 is 1.19 bits per heavy atom. The Balaban J connectivity index is 1.65. The third-order valence-corrected chi connectivity index (χ3v) is 5.81. The lowest BCUT2D eigenvalue weighted by atomic mass is 10.1. The van der Waals surface area contributed by atoms with Crippen molar-refractivity contribution in [1.82, 2.24) is 15.0 Å². The van der Waals surface area contributed by atoms with Crippen LogP contribution in [0, 0.1) is 0 Å². The van der Waals surface area contributed by atoms with Crippen LogP contribution in [-0.2, 0) is 12.6 Å². The summed E-state index contributed by atoms with van der Waals surface area (Å²) >= 11 is 12.6. The van der Waals surface area contributed by atoms with Crippen molar-refractivity contribution in [2.24, 2.45) is 0 Å². The number of aryl methyl sites for hydroxylation is 1. The number of amides is 1. The maximum Gasteiger partial charge on any atom is 0.417 e. The van der Waals surface area contributed by atoms with Gasteiger partial charge in [0.1, 0.15) is 21.9 Å². The number of thiazole rings is 1. The number of ketones is 1. The van der Waals surface area contributed by atoms with Crippen molar-refractivity contribution in [3.05, 3.63) is 61.9 Å². The minimum atomic E-state index is -4.65.